The van der Waals surface area contributed by atoms with Gasteiger partial charge in [0.05, 0.1) is 0 Å². The highest BCUT2D eigenvalue weighted by Crippen LogP contribution is 2.21. The van der Waals surface area contributed by atoms with Crippen molar-refractivity contribution >= 4 is 5.91 Å². The number of nitrogens with zero attached hydrogens (tertiary/aromatic N) is 1. The van der Waals surface area contributed by atoms with Gasteiger partial charge in [-0.25, -0.2) is 0 Å². The van der Waals surface area contributed by atoms with Crippen LogP contribution in [-0.4, -0.2) is 29.9 Å². The summed E-state index contributed by atoms with van der Waals surface area (Å²) in [4.78, 5) is 14.2. The fraction of sp³-hybridized carbons (Fsp3) is 0.643. The van der Waals surface area contributed by atoms with E-state index in [1.165, 1.54) is 0 Å². The predicted octanol–water partition coefficient (Wildman–Crippen LogP) is 2.04. The van der Waals surface area contributed by atoms with Crippen molar-refractivity contribution in [2.24, 2.45) is 11.7 Å². The van der Waals surface area contributed by atoms with E-state index in [1.54, 1.807) is 6.07 Å². The molecule has 1 aromatic heterocycles. The smallest absolute Gasteiger partial charge is 0.289 e. The van der Waals surface area contributed by atoms with Gasteiger partial charge in [0, 0.05) is 25.6 Å². The highest BCUT2D eigenvalue weighted by molar-refractivity contribution is 5.91. The number of carbonyl (C=O) groups excluding carboxylic acids is 1. The van der Waals surface area contributed by atoms with Crippen molar-refractivity contribution in [2.75, 3.05) is 13.1 Å². The summed E-state index contributed by atoms with van der Waals surface area (Å²) in [6, 6.07) is 3.87. The van der Waals surface area contributed by atoms with Gasteiger partial charge < -0.3 is 15.1 Å². The van der Waals surface area contributed by atoms with Gasteiger partial charge in [-0.15, -0.1) is 0 Å². The zero-order valence-corrected chi connectivity index (χ0v) is 11.2. The summed E-state index contributed by atoms with van der Waals surface area (Å²) in [5.74, 6) is 1.72. The maximum atomic E-state index is 12.3. The van der Waals surface area contributed by atoms with Crippen molar-refractivity contribution in [3.8, 4) is 0 Å². The Morgan fingerprint density at radius 2 is 2.28 bits per heavy atom. The zero-order chi connectivity index (χ0) is 13.1. The van der Waals surface area contributed by atoms with Crippen LogP contribution < -0.4 is 5.73 Å². The number of hydrogen-bond acceptors (Lipinski definition) is 3. The van der Waals surface area contributed by atoms with Gasteiger partial charge in [-0.2, -0.15) is 0 Å². The fourth-order valence-electron chi connectivity index (χ4n) is 2.51. The van der Waals surface area contributed by atoms with Gasteiger partial charge in [0.25, 0.3) is 5.91 Å². The van der Waals surface area contributed by atoms with Gasteiger partial charge in [-0.1, -0.05) is 20.3 Å². The van der Waals surface area contributed by atoms with Crippen molar-refractivity contribution in [3.05, 3.63) is 23.7 Å². The van der Waals surface area contributed by atoms with Crippen molar-refractivity contribution in [3.63, 3.8) is 0 Å². The van der Waals surface area contributed by atoms with Crippen LogP contribution in [0.25, 0.3) is 0 Å². The highest BCUT2D eigenvalue weighted by Gasteiger charge is 2.29. The van der Waals surface area contributed by atoms with Crippen LogP contribution in [0.5, 0.6) is 0 Å². The Kier molecular flexibility index (Phi) is 4.07. The molecule has 1 aliphatic rings. The quantitative estimate of drug-likeness (QED) is 0.893. The van der Waals surface area contributed by atoms with Crippen molar-refractivity contribution in [1.82, 2.24) is 4.90 Å². The number of furan rings is 1. The number of nitrogens with two attached hydrogens (primary N) is 1. The van der Waals surface area contributed by atoms with Crippen LogP contribution in [0.3, 0.4) is 0 Å². The lowest BCUT2D eigenvalue weighted by Crippen LogP contribution is -2.48. The normalized spacial score (nSPS) is 24.3. The molecule has 2 heterocycles. The summed E-state index contributed by atoms with van der Waals surface area (Å²) in [5.41, 5.74) is 6.05. The topological polar surface area (TPSA) is 59.5 Å². The number of hydrogen-bond donors (Lipinski definition) is 1. The average molecular weight is 250 g/mol. The predicted molar refractivity (Wildman–Crippen MR) is 70.4 cm³/mol. The van der Waals surface area contributed by atoms with Crippen LogP contribution in [0.1, 0.15) is 43.0 Å². The zero-order valence-electron chi connectivity index (χ0n) is 11.2. The number of amides is 1. The summed E-state index contributed by atoms with van der Waals surface area (Å²) in [7, 11) is 0. The first-order valence-corrected chi connectivity index (χ1v) is 6.79. The molecule has 18 heavy (non-hydrogen) atoms. The standard InChI is InChI=1S/C14H22N2O2/c1-3-10-9-16(8-7-12(10)15)14(17)13-6-5-11(4-2)18-13/h5-6,10,12H,3-4,7-9,15H2,1-2H3. The van der Waals surface area contributed by atoms with Gasteiger partial charge in [0.2, 0.25) is 0 Å². The molecule has 0 bridgehead atoms. The highest BCUT2D eigenvalue weighted by atomic mass is 16.4. The second-order valence-electron chi connectivity index (χ2n) is 4.99. The molecule has 1 amide bonds. The molecule has 0 radical (unpaired) electrons. The second kappa shape index (κ2) is 5.57. The van der Waals surface area contributed by atoms with Gasteiger partial charge in [0.15, 0.2) is 5.76 Å². The monoisotopic (exact) mass is 250 g/mol. The van der Waals surface area contributed by atoms with Crippen molar-refractivity contribution in [2.45, 2.75) is 39.2 Å². The third kappa shape index (κ3) is 2.58. The molecule has 0 spiro atoms. The minimum atomic E-state index is 0.0000463. The number of piperidine rings is 1. The summed E-state index contributed by atoms with van der Waals surface area (Å²) in [5, 5.41) is 0. The Hall–Kier alpha value is -1.29. The van der Waals surface area contributed by atoms with Crippen LogP contribution in [0.15, 0.2) is 16.5 Å². The first kappa shape index (κ1) is 13.1. The van der Waals surface area contributed by atoms with E-state index in [0.29, 0.717) is 11.7 Å². The minimum absolute atomic E-state index is 0.0000463. The Bertz CT molecular complexity index is 414. The Morgan fingerprint density at radius 3 is 2.89 bits per heavy atom. The third-order valence-corrected chi connectivity index (χ3v) is 3.83. The van der Waals surface area contributed by atoms with Crippen LogP contribution in [0.4, 0.5) is 0 Å². The van der Waals surface area contributed by atoms with Gasteiger partial charge in [-0.05, 0) is 24.5 Å². The molecule has 1 aliphatic heterocycles. The van der Waals surface area contributed by atoms with Gasteiger partial charge >= 0.3 is 0 Å². The summed E-state index contributed by atoms with van der Waals surface area (Å²) >= 11 is 0. The summed E-state index contributed by atoms with van der Waals surface area (Å²) in [6.07, 6.45) is 2.71. The molecule has 2 atom stereocenters. The molecule has 4 heteroatoms. The second-order valence-corrected chi connectivity index (χ2v) is 4.99. The van der Waals surface area contributed by atoms with E-state index < -0.39 is 0 Å². The van der Waals surface area contributed by atoms with Crippen molar-refractivity contribution < 1.29 is 9.21 Å². The molecule has 1 fully saturated rings. The van der Waals surface area contributed by atoms with Gasteiger partial charge in [-0.3, -0.25) is 4.79 Å². The summed E-state index contributed by atoms with van der Waals surface area (Å²) in [6.45, 7) is 5.62. The van der Waals surface area contributed by atoms with E-state index in [-0.39, 0.29) is 11.9 Å². The molecule has 0 aliphatic carbocycles. The lowest BCUT2D eigenvalue weighted by atomic mass is 9.90. The lowest BCUT2D eigenvalue weighted by Gasteiger charge is -2.36. The first-order valence-electron chi connectivity index (χ1n) is 6.79. The first-order chi connectivity index (χ1) is 8.65. The molecule has 100 valence electrons. The van der Waals surface area contributed by atoms with Crippen LogP contribution in [0.2, 0.25) is 0 Å². The minimum Gasteiger partial charge on any atom is -0.456 e. The van der Waals surface area contributed by atoms with Crippen molar-refractivity contribution in [1.29, 1.82) is 0 Å². The van der Waals surface area contributed by atoms with Gasteiger partial charge in [0.1, 0.15) is 5.76 Å². The molecule has 2 rings (SSSR count). The summed E-state index contributed by atoms with van der Waals surface area (Å²) < 4.78 is 5.52. The number of carbonyl (C=O) groups is 1. The maximum absolute atomic E-state index is 12.3. The Morgan fingerprint density at radius 1 is 1.50 bits per heavy atom. The number of aryl methyl sites for hydroxylation is 1. The third-order valence-electron chi connectivity index (χ3n) is 3.83. The van der Waals surface area contributed by atoms with Crippen LogP contribution in [0, 0.1) is 5.92 Å². The molecular formula is C14H22N2O2. The number of likely N-dealkylation sites (tertiary alicyclic amines) is 1. The molecule has 1 saturated heterocycles. The maximum Gasteiger partial charge on any atom is 0.289 e. The average Bonchev–Trinajstić information content (AvgIpc) is 2.87. The number of rotatable bonds is 3. The van der Waals surface area contributed by atoms with Crippen LogP contribution >= 0.6 is 0 Å². The Labute approximate surface area is 108 Å². The van der Waals surface area contributed by atoms with E-state index in [2.05, 4.69) is 6.92 Å². The fourth-order valence-corrected chi connectivity index (χ4v) is 2.51. The molecule has 1 aromatic rings. The van der Waals surface area contributed by atoms with E-state index in [9.17, 15) is 4.79 Å². The Balaban J connectivity index is 2.05. The molecule has 0 saturated carbocycles. The van der Waals surface area contributed by atoms with E-state index >= 15 is 0 Å². The van der Waals surface area contributed by atoms with E-state index in [4.69, 9.17) is 10.2 Å². The SMILES string of the molecule is CCc1ccc(C(=O)N2CCC(N)C(CC)C2)o1. The molecule has 2 unspecified atom stereocenters. The van der Waals surface area contributed by atoms with E-state index in [0.717, 1.165) is 38.1 Å². The molecule has 2 N–H and O–H groups in total. The molecule has 4 nitrogen and oxygen atoms in total. The van der Waals surface area contributed by atoms with Crippen LogP contribution in [-0.2, 0) is 6.42 Å². The van der Waals surface area contributed by atoms with E-state index in [1.807, 2.05) is 17.9 Å². The largest absolute Gasteiger partial charge is 0.456 e. The molecule has 0 aromatic carbocycles. The lowest BCUT2D eigenvalue weighted by molar-refractivity contribution is 0.0615. The molecular weight excluding hydrogens is 228 g/mol.